The number of hydrogen-bond acceptors (Lipinski definition) is 4. The van der Waals surface area contributed by atoms with E-state index in [9.17, 15) is 9.59 Å². The van der Waals surface area contributed by atoms with Crippen LogP contribution in [0.5, 0.6) is 0 Å². The van der Waals surface area contributed by atoms with E-state index in [2.05, 4.69) is 29.6 Å². The maximum absolute atomic E-state index is 12.0. The van der Waals surface area contributed by atoms with Crippen LogP contribution in [0.3, 0.4) is 0 Å². The van der Waals surface area contributed by atoms with E-state index in [1.807, 2.05) is 0 Å². The van der Waals surface area contributed by atoms with Crippen LogP contribution in [0, 0.1) is 11.8 Å². The Morgan fingerprint density at radius 3 is 2.67 bits per heavy atom. The van der Waals surface area contributed by atoms with Gasteiger partial charge < -0.3 is 16.4 Å². The molecule has 7 nitrogen and oxygen atoms in total. The SMILES string of the molecule is CNC(=O)Cn1cc(NC(=O)C[C@@H](CN)CC(C)C)cn1. The van der Waals surface area contributed by atoms with Gasteiger partial charge in [-0.05, 0) is 24.8 Å². The summed E-state index contributed by atoms with van der Waals surface area (Å²) in [6.45, 7) is 4.86. The normalized spacial score (nSPS) is 12.2. The predicted molar refractivity (Wildman–Crippen MR) is 81.5 cm³/mol. The highest BCUT2D eigenvalue weighted by Crippen LogP contribution is 2.15. The van der Waals surface area contributed by atoms with Gasteiger partial charge in [0.2, 0.25) is 11.8 Å². The third-order valence-corrected chi connectivity index (χ3v) is 3.11. The molecule has 118 valence electrons. The molecule has 21 heavy (non-hydrogen) atoms. The Bertz CT molecular complexity index is 470. The van der Waals surface area contributed by atoms with E-state index < -0.39 is 0 Å². The molecule has 4 N–H and O–H groups in total. The molecule has 0 saturated carbocycles. The first-order chi connectivity index (χ1) is 9.94. The summed E-state index contributed by atoms with van der Waals surface area (Å²) < 4.78 is 1.48. The first kappa shape index (κ1) is 17.2. The van der Waals surface area contributed by atoms with E-state index in [1.165, 1.54) is 10.9 Å². The molecule has 2 amide bonds. The van der Waals surface area contributed by atoms with Crippen LogP contribution in [-0.4, -0.2) is 35.2 Å². The lowest BCUT2D eigenvalue weighted by Gasteiger charge is -2.16. The monoisotopic (exact) mass is 295 g/mol. The number of amides is 2. The van der Waals surface area contributed by atoms with E-state index in [0.29, 0.717) is 24.6 Å². The Hall–Kier alpha value is -1.89. The van der Waals surface area contributed by atoms with Crippen molar-refractivity contribution in [2.75, 3.05) is 18.9 Å². The quantitative estimate of drug-likeness (QED) is 0.652. The Balaban J connectivity index is 2.49. The molecule has 0 aromatic carbocycles. The second-order valence-corrected chi connectivity index (χ2v) is 5.58. The lowest BCUT2D eigenvalue weighted by atomic mass is 9.94. The van der Waals surface area contributed by atoms with Crippen molar-refractivity contribution in [2.45, 2.75) is 33.2 Å². The van der Waals surface area contributed by atoms with Crippen molar-refractivity contribution >= 4 is 17.5 Å². The molecule has 0 bridgehead atoms. The van der Waals surface area contributed by atoms with Gasteiger partial charge >= 0.3 is 0 Å². The van der Waals surface area contributed by atoms with Crippen molar-refractivity contribution < 1.29 is 9.59 Å². The van der Waals surface area contributed by atoms with Crippen LogP contribution in [0.15, 0.2) is 12.4 Å². The van der Waals surface area contributed by atoms with Gasteiger partial charge in [-0.15, -0.1) is 0 Å². The average molecular weight is 295 g/mol. The third-order valence-electron chi connectivity index (χ3n) is 3.11. The van der Waals surface area contributed by atoms with Gasteiger partial charge in [0, 0.05) is 19.7 Å². The maximum Gasteiger partial charge on any atom is 0.241 e. The van der Waals surface area contributed by atoms with Gasteiger partial charge in [0.25, 0.3) is 0 Å². The van der Waals surface area contributed by atoms with Crippen molar-refractivity contribution in [2.24, 2.45) is 17.6 Å². The summed E-state index contributed by atoms with van der Waals surface area (Å²) in [5.41, 5.74) is 6.28. The topological polar surface area (TPSA) is 102 Å². The fraction of sp³-hybridized carbons (Fsp3) is 0.643. The lowest BCUT2D eigenvalue weighted by Crippen LogP contribution is -2.24. The molecule has 0 aliphatic rings. The molecular weight excluding hydrogens is 270 g/mol. The molecular formula is C14H25N5O2. The van der Waals surface area contributed by atoms with Crippen molar-refractivity contribution in [3.8, 4) is 0 Å². The molecule has 0 radical (unpaired) electrons. The number of nitrogens with zero attached hydrogens (tertiary/aromatic N) is 2. The van der Waals surface area contributed by atoms with Crippen LogP contribution < -0.4 is 16.4 Å². The molecule has 0 saturated heterocycles. The first-order valence-corrected chi connectivity index (χ1v) is 7.17. The number of hydrogen-bond donors (Lipinski definition) is 3. The smallest absolute Gasteiger partial charge is 0.241 e. The van der Waals surface area contributed by atoms with E-state index in [1.54, 1.807) is 13.2 Å². The van der Waals surface area contributed by atoms with Gasteiger partial charge in [0.1, 0.15) is 6.54 Å². The first-order valence-electron chi connectivity index (χ1n) is 7.17. The molecule has 1 heterocycles. The molecule has 1 rings (SSSR count). The second-order valence-electron chi connectivity index (χ2n) is 5.58. The van der Waals surface area contributed by atoms with Gasteiger partial charge in [-0.1, -0.05) is 13.8 Å². The summed E-state index contributed by atoms with van der Waals surface area (Å²) in [5, 5.41) is 9.32. The number of aromatic nitrogens is 2. The summed E-state index contributed by atoms with van der Waals surface area (Å²) in [6, 6.07) is 0. The van der Waals surface area contributed by atoms with E-state index in [4.69, 9.17) is 5.73 Å². The summed E-state index contributed by atoms with van der Waals surface area (Å²) in [6.07, 6.45) is 4.49. The maximum atomic E-state index is 12.0. The number of nitrogens with two attached hydrogens (primary N) is 1. The number of nitrogens with one attached hydrogen (secondary N) is 2. The van der Waals surface area contributed by atoms with Crippen LogP contribution in [-0.2, 0) is 16.1 Å². The summed E-state index contributed by atoms with van der Waals surface area (Å²) in [7, 11) is 1.57. The fourth-order valence-electron chi connectivity index (χ4n) is 2.14. The predicted octanol–water partition coefficient (Wildman–Crippen LogP) is 0.579. The van der Waals surface area contributed by atoms with E-state index in [-0.39, 0.29) is 24.3 Å². The minimum absolute atomic E-state index is 0.0782. The molecule has 0 aliphatic heterocycles. The average Bonchev–Trinajstić information content (AvgIpc) is 2.84. The van der Waals surface area contributed by atoms with E-state index >= 15 is 0 Å². The van der Waals surface area contributed by atoms with E-state index in [0.717, 1.165) is 6.42 Å². The van der Waals surface area contributed by atoms with Gasteiger partial charge in [0.15, 0.2) is 0 Å². The molecule has 0 fully saturated rings. The number of carbonyl (C=O) groups is 2. The Morgan fingerprint density at radius 2 is 2.10 bits per heavy atom. The zero-order valence-electron chi connectivity index (χ0n) is 12.9. The van der Waals surface area contributed by atoms with Crippen molar-refractivity contribution in [3.63, 3.8) is 0 Å². The van der Waals surface area contributed by atoms with Gasteiger partial charge in [-0.25, -0.2) is 0 Å². The minimum Gasteiger partial charge on any atom is -0.358 e. The highest BCUT2D eigenvalue weighted by Gasteiger charge is 2.14. The van der Waals surface area contributed by atoms with Crippen molar-refractivity contribution in [1.29, 1.82) is 0 Å². The van der Waals surface area contributed by atoms with Crippen LogP contribution >= 0.6 is 0 Å². The largest absolute Gasteiger partial charge is 0.358 e. The van der Waals surface area contributed by atoms with Crippen molar-refractivity contribution in [1.82, 2.24) is 15.1 Å². The number of likely N-dealkylation sites (N-methyl/N-ethyl adjacent to an activating group) is 1. The number of rotatable bonds is 8. The molecule has 1 atom stereocenters. The molecule has 0 spiro atoms. The highest BCUT2D eigenvalue weighted by atomic mass is 16.2. The molecule has 7 heteroatoms. The van der Waals surface area contributed by atoms with Crippen LogP contribution in [0.4, 0.5) is 5.69 Å². The summed E-state index contributed by atoms with van der Waals surface area (Å²) in [5.74, 6) is 0.481. The van der Waals surface area contributed by atoms with Gasteiger partial charge in [-0.2, -0.15) is 5.10 Å². The summed E-state index contributed by atoms with van der Waals surface area (Å²) >= 11 is 0. The lowest BCUT2D eigenvalue weighted by molar-refractivity contribution is -0.121. The highest BCUT2D eigenvalue weighted by molar-refractivity contribution is 5.90. The number of carbonyl (C=O) groups excluding carboxylic acids is 2. The van der Waals surface area contributed by atoms with Gasteiger partial charge in [0.05, 0.1) is 11.9 Å². The molecule has 1 aromatic rings. The van der Waals surface area contributed by atoms with Crippen molar-refractivity contribution in [3.05, 3.63) is 12.4 Å². The van der Waals surface area contributed by atoms with Gasteiger partial charge in [-0.3, -0.25) is 14.3 Å². The third kappa shape index (κ3) is 6.40. The number of anilines is 1. The zero-order chi connectivity index (χ0) is 15.8. The van der Waals surface area contributed by atoms with Crippen LogP contribution in [0.1, 0.15) is 26.7 Å². The fourth-order valence-corrected chi connectivity index (χ4v) is 2.14. The molecule has 0 unspecified atom stereocenters. The Morgan fingerprint density at radius 1 is 1.38 bits per heavy atom. The zero-order valence-corrected chi connectivity index (χ0v) is 12.9. The molecule has 1 aromatic heterocycles. The molecule has 0 aliphatic carbocycles. The Kier molecular flexibility index (Phi) is 6.87. The minimum atomic E-state index is -0.142. The van der Waals surface area contributed by atoms with Crippen LogP contribution in [0.2, 0.25) is 0 Å². The summed E-state index contributed by atoms with van der Waals surface area (Å²) in [4.78, 5) is 23.2. The standard InChI is InChI=1S/C14H25N5O2/c1-10(2)4-11(6-15)5-13(20)18-12-7-17-19(8-12)9-14(21)16-3/h7-8,10-11H,4-6,9,15H2,1-3H3,(H,16,21)(H,18,20)/t11-/m0/s1. The Labute approximate surface area is 125 Å². The van der Waals surface area contributed by atoms with Crippen LogP contribution in [0.25, 0.3) is 0 Å². The second kappa shape index (κ2) is 8.41.